The molecular weight excluding hydrogens is 254 g/mol. The average Bonchev–Trinajstić information content (AvgIpc) is 2.56. The standard InChI is InChI=1S/C20H17N/c21-20(17-11-5-2-6-12-17)19-14-8-7-13-18(19)15-16-9-3-1-4-10-16/h1-14,21H,15H2. The van der Waals surface area contributed by atoms with Crippen LogP contribution in [0.3, 0.4) is 0 Å². The zero-order valence-electron chi connectivity index (χ0n) is 11.8. The molecule has 0 saturated carbocycles. The molecule has 21 heavy (non-hydrogen) atoms. The molecule has 0 amide bonds. The van der Waals surface area contributed by atoms with E-state index < -0.39 is 0 Å². The van der Waals surface area contributed by atoms with Crippen LogP contribution in [0.1, 0.15) is 22.3 Å². The quantitative estimate of drug-likeness (QED) is 0.665. The zero-order chi connectivity index (χ0) is 14.5. The van der Waals surface area contributed by atoms with Crippen molar-refractivity contribution in [3.05, 3.63) is 107 Å². The van der Waals surface area contributed by atoms with Gasteiger partial charge in [-0.15, -0.1) is 0 Å². The Kier molecular flexibility index (Phi) is 3.92. The topological polar surface area (TPSA) is 23.9 Å². The van der Waals surface area contributed by atoms with E-state index in [1.54, 1.807) is 0 Å². The summed E-state index contributed by atoms with van der Waals surface area (Å²) < 4.78 is 0. The Balaban J connectivity index is 1.95. The van der Waals surface area contributed by atoms with Gasteiger partial charge in [-0.1, -0.05) is 84.9 Å². The second-order valence-electron chi connectivity index (χ2n) is 5.06. The van der Waals surface area contributed by atoms with E-state index in [1.807, 2.05) is 54.6 Å². The summed E-state index contributed by atoms with van der Waals surface area (Å²) in [5.41, 5.74) is 5.01. The maximum Gasteiger partial charge on any atom is 0.0687 e. The van der Waals surface area contributed by atoms with Crippen molar-refractivity contribution < 1.29 is 0 Å². The van der Waals surface area contributed by atoms with Gasteiger partial charge in [0.1, 0.15) is 0 Å². The largest absolute Gasteiger partial charge is 0.300 e. The molecule has 3 aromatic rings. The first-order valence-electron chi connectivity index (χ1n) is 7.11. The number of hydrogen-bond acceptors (Lipinski definition) is 1. The third kappa shape index (κ3) is 3.09. The van der Waals surface area contributed by atoms with Crippen LogP contribution in [0.5, 0.6) is 0 Å². The summed E-state index contributed by atoms with van der Waals surface area (Å²) in [6.45, 7) is 0. The second-order valence-corrected chi connectivity index (χ2v) is 5.06. The van der Waals surface area contributed by atoms with E-state index in [4.69, 9.17) is 5.41 Å². The van der Waals surface area contributed by atoms with Gasteiger partial charge >= 0.3 is 0 Å². The Bertz CT molecular complexity index is 730. The summed E-state index contributed by atoms with van der Waals surface area (Å²) >= 11 is 0. The molecule has 1 heteroatoms. The maximum atomic E-state index is 8.48. The highest BCUT2D eigenvalue weighted by Gasteiger charge is 2.09. The van der Waals surface area contributed by atoms with Crippen LogP contribution in [-0.4, -0.2) is 5.71 Å². The van der Waals surface area contributed by atoms with Crippen molar-refractivity contribution in [2.75, 3.05) is 0 Å². The van der Waals surface area contributed by atoms with Gasteiger partial charge in [0.15, 0.2) is 0 Å². The normalized spacial score (nSPS) is 10.3. The molecule has 0 spiro atoms. The number of benzene rings is 3. The molecule has 0 saturated heterocycles. The highest BCUT2D eigenvalue weighted by molar-refractivity contribution is 6.11. The molecule has 3 aromatic carbocycles. The molecule has 0 aliphatic heterocycles. The number of rotatable bonds is 4. The van der Waals surface area contributed by atoms with E-state index in [1.165, 1.54) is 11.1 Å². The molecule has 0 heterocycles. The van der Waals surface area contributed by atoms with Crippen LogP contribution in [0.2, 0.25) is 0 Å². The summed E-state index contributed by atoms with van der Waals surface area (Å²) in [6, 6.07) is 28.5. The highest BCUT2D eigenvalue weighted by Crippen LogP contribution is 2.18. The lowest BCUT2D eigenvalue weighted by Gasteiger charge is -2.11. The molecule has 1 N–H and O–H groups in total. The minimum Gasteiger partial charge on any atom is -0.300 e. The Morgan fingerprint density at radius 3 is 1.95 bits per heavy atom. The van der Waals surface area contributed by atoms with Gasteiger partial charge in [0.25, 0.3) is 0 Å². The fourth-order valence-corrected chi connectivity index (χ4v) is 2.49. The average molecular weight is 271 g/mol. The van der Waals surface area contributed by atoms with Gasteiger partial charge in [0.05, 0.1) is 5.71 Å². The van der Waals surface area contributed by atoms with Crippen LogP contribution in [0.4, 0.5) is 0 Å². The summed E-state index contributed by atoms with van der Waals surface area (Å²) in [5, 5.41) is 8.48. The Morgan fingerprint density at radius 1 is 0.667 bits per heavy atom. The highest BCUT2D eigenvalue weighted by atomic mass is 14.4. The first-order chi connectivity index (χ1) is 10.3. The van der Waals surface area contributed by atoms with Crippen LogP contribution in [-0.2, 0) is 6.42 Å². The van der Waals surface area contributed by atoms with Gasteiger partial charge in [-0.25, -0.2) is 0 Å². The number of hydrogen-bond donors (Lipinski definition) is 1. The van der Waals surface area contributed by atoms with Crippen LogP contribution in [0, 0.1) is 5.41 Å². The van der Waals surface area contributed by atoms with Gasteiger partial charge < -0.3 is 0 Å². The molecule has 0 fully saturated rings. The third-order valence-corrected chi connectivity index (χ3v) is 3.59. The Morgan fingerprint density at radius 2 is 1.24 bits per heavy atom. The Hall–Kier alpha value is -2.67. The van der Waals surface area contributed by atoms with E-state index in [2.05, 4.69) is 30.3 Å². The Labute approximate surface area is 125 Å². The minimum absolute atomic E-state index is 0.585. The number of nitrogens with one attached hydrogen (secondary N) is 1. The van der Waals surface area contributed by atoms with Crippen molar-refractivity contribution in [1.82, 2.24) is 0 Å². The molecule has 0 atom stereocenters. The lowest BCUT2D eigenvalue weighted by Crippen LogP contribution is -2.05. The summed E-state index contributed by atoms with van der Waals surface area (Å²) in [5.74, 6) is 0. The molecular formula is C20H17N. The van der Waals surface area contributed by atoms with E-state index >= 15 is 0 Å². The molecule has 1 nitrogen and oxygen atoms in total. The fourth-order valence-electron chi connectivity index (χ4n) is 2.49. The molecule has 3 rings (SSSR count). The molecule has 0 aliphatic rings. The van der Waals surface area contributed by atoms with Crippen molar-refractivity contribution in [1.29, 1.82) is 5.41 Å². The summed E-state index contributed by atoms with van der Waals surface area (Å²) in [4.78, 5) is 0. The van der Waals surface area contributed by atoms with E-state index in [-0.39, 0.29) is 0 Å². The molecule has 0 unspecified atom stereocenters. The lowest BCUT2D eigenvalue weighted by atomic mass is 9.94. The van der Waals surface area contributed by atoms with Crippen LogP contribution in [0.15, 0.2) is 84.9 Å². The molecule has 0 aromatic heterocycles. The molecule has 0 aliphatic carbocycles. The first-order valence-corrected chi connectivity index (χ1v) is 7.11. The van der Waals surface area contributed by atoms with Crippen molar-refractivity contribution in [3.8, 4) is 0 Å². The van der Waals surface area contributed by atoms with Gasteiger partial charge in [-0.05, 0) is 17.5 Å². The van der Waals surface area contributed by atoms with Crippen molar-refractivity contribution >= 4 is 5.71 Å². The smallest absolute Gasteiger partial charge is 0.0687 e. The van der Waals surface area contributed by atoms with Gasteiger partial charge in [0, 0.05) is 11.1 Å². The first kappa shape index (κ1) is 13.3. The SMILES string of the molecule is N=C(c1ccccc1)c1ccccc1Cc1ccccc1. The maximum absolute atomic E-state index is 8.48. The van der Waals surface area contributed by atoms with Crippen LogP contribution < -0.4 is 0 Å². The van der Waals surface area contributed by atoms with Gasteiger partial charge in [-0.2, -0.15) is 0 Å². The van der Waals surface area contributed by atoms with Gasteiger partial charge in [0.2, 0.25) is 0 Å². The predicted octanol–water partition coefficient (Wildman–Crippen LogP) is 4.69. The molecule has 0 bridgehead atoms. The zero-order valence-corrected chi connectivity index (χ0v) is 11.8. The van der Waals surface area contributed by atoms with Crippen LogP contribution >= 0.6 is 0 Å². The molecule has 102 valence electrons. The van der Waals surface area contributed by atoms with E-state index in [9.17, 15) is 0 Å². The van der Waals surface area contributed by atoms with Crippen molar-refractivity contribution in [2.45, 2.75) is 6.42 Å². The third-order valence-electron chi connectivity index (χ3n) is 3.59. The lowest BCUT2D eigenvalue weighted by molar-refractivity contribution is 1.18. The van der Waals surface area contributed by atoms with Gasteiger partial charge in [-0.3, -0.25) is 5.41 Å². The summed E-state index contributed by atoms with van der Waals surface area (Å²) in [6.07, 6.45) is 0.853. The van der Waals surface area contributed by atoms with Crippen LogP contribution in [0.25, 0.3) is 0 Å². The second kappa shape index (κ2) is 6.19. The fraction of sp³-hybridized carbons (Fsp3) is 0.0500. The van der Waals surface area contributed by atoms with E-state index in [0.29, 0.717) is 5.71 Å². The molecule has 0 radical (unpaired) electrons. The van der Waals surface area contributed by atoms with E-state index in [0.717, 1.165) is 17.5 Å². The minimum atomic E-state index is 0.585. The van der Waals surface area contributed by atoms with Crippen molar-refractivity contribution in [2.24, 2.45) is 0 Å². The predicted molar refractivity (Wildman–Crippen MR) is 88.1 cm³/mol. The monoisotopic (exact) mass is 271 g/mol. The van der Waals surface area contributed by atoms with Crippen molar-refractivity contribution in [3.63, 3.8) is 0 Å². The summed E-state index contributed by atoms with van der Waals surface area (Å²) in [7, 11) is 0.